The molecular formula is C25H24Cl2FN3O3. The Balaban J connectivity index is 1.41. The number of rotatable bonds is 5. The zero-order chi connectivity index (χ0) is 24.2. The van der Waals surface area contributed by atoms with Gasteiger partial charge in [-0.2, -0.15) is 0 Å². The number of carbonyl (C=O) groups is 3. The molecule has 2 N–H and O–H groups in total. The largest absolute Gasteiger partial charge is 0.340 e. The zero-order valence-electron chi connectivity index (χ0n) is 18.5. The van der Waals surface area contributed by atoms with E-state index in [-0.39, 0.29) is 40.0 Å². The van der Waals surface area contributed by atoms with Gasteiger partial charge in [0.25, 0.3) is 5.91 Å². The van der Waals surface area contributed by atoms with Crippen molar-refractivity contribution >= 4 is 46.6 Å². The van der Waals surface area contributed by atoms with E-state index >= 15 is 0 Å². The third-order valence-corrected chi connectivity index (χ3v) is 7.77. The van der Waals surface area contributed by atoms with Gasteiger partial charge in [-0.15, -0.1) is 0 Å². The lowest BCUT2D eigenvalue weighted by atomic mass is 9.80. The fourth-order valence-electron chi connectivity index (χ4n) is 5.22. The highest BCUT2D eigenvalue weighted by Gasteiger charge is 2.55. The average molecular weight is 504 g/mol. The molecule has 2 aliphatic heterocycles. The molecule has 2 aromatic carbocycles. The van der Waals surface area contributed by atoms with Gasteiger partial charge in [0.15, 0.2) is 0 Å². The van der Waals surface area contributed by atoms with E-state index in [1.165, 1.54) is 12.1 Å². The Morgan fingerprint density at radius 2 is 1.94 bits per heavy atom. The van der Waals surface area contributed by atoms with E-state index in [9.17, 15) is 18.8 Å². The van der Waals surface area contributed by atoms with Crippen LogP contribution in [0.4, 0.5) is 10.1 Å². The Bertz CT molecular complexity index is 1180. The zero-order valence-corrected chi connectivity index (χ0v) is 20.0. The summed E-state index contributed by atoms with van der Waals surface area (Å²) in [5.74, 6) is -1.08. The summed E-state index contributed by atoms with van der Waals surface area (Å²) < 4.78 is 14.0. The molecule has 6 nitrogen and oxygen atoms in total. The summed E-state index contributed by atoms with van der Waals surface area (Å²) in [5, 5.41) is 6.09. The van der Waals surface area contributed by atoms with Crippen LogP contribution in [-0.2, 0) is 15.0 Å². The van der Waals surface area contributed by atoms with E-state index in [0.717, 1.165) is 12.8 Å². The molecule has 3 atom stereocenters. The molecule has 2 fully saturated rings. The number of amides is 3. The molecular weight excluding hydrogens is 480 g/mol. The topological polar surface area (TPSA) is 78.5 Å². The van der Waals surface area contributed by atoms with Crippen molar-refractivity contribution < 1.29 is 18.8 Å². The van der Waals surface area contributed by atoms with Gasteiger partial charge in [-0.1, -0.05) is 42.1 Å². The summed E-state index contributed by atoms with van der Waals surface area (Å²) in [4.78, 5) is 41.4. The van der Waals surface area contributed by atoms with E-state index in [0.29, 0.717) is 30.0 Å². The van der Waals surface area contributed by atoms with Gasteiger partial charge >= 0.3 is 0 Å². The molecule has 1 saturated heterocycles. The number of halogens is 3. The Kier molecular flexibility index (Phi) is 5.81. The average Bonchev–Trinajstić information content (AvgIpc) is 3.47. The number of nitrogens with one attached hydrogen (secondary N) is 2. The second-order valence-electron chi connectivity index (χ2n) is 9.55. The summed E-state index contributed by atoms with van der Waals surface area (Å²) in [5.41, 5.74) is 0.270. The fraction of sp³-hybridized carbons (Fsp3) is 0.400. The van der Waals surface area contributed by atoms with Crippen LogP contribution in [0, 0.1) is 11.7 Å². The normalized spacial score (nSPS) is 24.2. The Morgan fingerprint density at radius 3 is 2.62 bits per heavy atom. The monoisotopic (exact) mass is 503 g/mol. The van der Waals surface area contributed by atoms with Gasteiger partial charge in [-0.3, -0.25) is 14.4 Å². The van der Waals surface area contributed by atoms with Crippen molar-refractivity contribution in [3.8, 4) is 0 Å². The minimum Gasteiger partial charge on any atom is -0.340 e. The van der Waals surface area contributed by atoms with Crippen LogP contribution in [0.2, 0.25) is 10.0 Å². The molecule has 0 unspecified atom stereocenters. The highest BCUT2D eigenvalue weighted by Crippen LogP contribution is 2.47. The van der Waals surface area contributed by atoms with Crippen molar-refractivity contribution in [1.82, 2.24) is 10.2 Å². The third kappa shape index (κ3) is 3.95. The van der Waals surface area contributed by atoms with Crippen molar-refractivity contribution in [1.29, 1.82) is 0 Å². The number of anilines is 1. The van der Waals surface area contributed by atoms with E-state index < -0.39 is 23.2 Å². The third-order valence-electron chi connectivity index (χ3n) is 7.14. The smallest absolute Gasteiger partial charge is 0.254 e. The maximum absolute atomic E-state index is 14.0. The Morgan fingerprint density at radius 1 is 1.24 bits per heavy atom. The number of benzene rings is 2. The predicted octanol–water partition coefficient (Wildman–Crippen LogP) is 4.54. The standard InChI is InChI=1S/C25H24Cl2FN3O3/c1-13-11-25(16-10-15(28)7-8-19(16)30-24(25)34)12-31(13)23(33)20(9-14-5-6-14)29-22(32)21-17(26)3-2-4-18(21)27/h2-4,7-8,10,13-14,20H,5-6,9,11-12H2,1H3,(H,29,32)(H,30,34)/t13-,20+,25+/m1/s1. The number of fused-ring (bicyclic) bond motifs is 2. The number of hydrogen-bond donors (Lipinski definition) is 2. The second-order valence-corrected chi connectivity index (χ2v) is 10.4. The number of likely N-dealkylation sites (tertiary alicyclic amines) is 1. The number of hydrogen-bond acceptors (Lipinski definition) is 3. The Hall–Kier alpha value is -2.64. The Labute approximate surface area is 206 Å². The van der Waals surface area contributed by atoms with Crippen LogP contribution >= 0.6 is 23.2 Å². The van der Waals surface area contributed by atoms with E-state index in [2.05, 4.69) is 10.6 Å². The van der Waals surface area contributed by atoms with Gasteiger partial charge in [0.2, 0.25) is 11.8 Å². The van der Waals surface area contributed by atoms with Gasteiger partial charge in [0, 0.05) is 18.3 Å². The highest BCUT2D eigenvalue weighted by atomic mass is 35.5. The first-order chi connectivity index (χ1) is 16.2. The first-order valence-electron chi connectivity index (χ1n) is 11.4. The van der Waals surface area contributed by atoms with Crippen molar-refractivity contribution in [3.63, 3.8) is 0 Å². The molecule has 9 heteroatoms. The molecule has 2 heterocycles. The fourth-order valence-corrected chi connectivity index (χ4v) is 5.79. The molecule has 5 rings (SSSR count). The summed E-state index contributed by atoms with van der Waals surface area (Å²) in [6, 6.07) is 7.97. The van der Waals surface area contributed by atoms with Crippen molar-refractivity contribution in [2.75, 3.05) is 11.9 Å². The summed E-state index contributed by atoms with van der Waals surface area (Å²) in [6.07, 6.45) is 2.88. The van der Waals surface area contributed by atoms with Crippen LogP contribution in [0.3, 0.4) is 0 Å². The van der Waals surface area contributed by atoms with Crippen LogP contribution < -0.4 is 10.6 Å². The second kappa shape index (κ2) is 8.54. The maximum atomic E-state index is 14.0. The first kappa shape index (κ1) is 23.1. The van der Waals surface area contributed by atoms with Crippen molar-refractivity contribution in [2.45, 2.75) is 50.1 Å². The van der Waals surface area contributed by atoms with Crippen molar-refractivity contribution in [3.05, 3.63) is 63.4 Å². The van der Waals surface area contributed by atoms with Gasteiger partial charge in [-0.25, -0.2) is 4.39 Å². The van der Waals surface area contributed by atoms with Gasteiger partial charge in [0.05, 0.1) is 21.0 Å². The minimum absolute atomic E-state index is 0.124. The molecule has 2 aromatic rings. The van der Waals surface area contributed by atoms with E-state index in [1.54, 1.807) is 29.2 Å². The van der Waals surface area contributed by atoms with Gasteiger partial charge in [0.1, 0.15) is 11.9 Å². The maximum Gasteiger partial charge on any atom is 0.254 e. The van der Waals surface area contributed by atoms with Crippen LogP contribution in [0.5, 0.6) is 0 Å². The molecule has 3 amide bonds. The predicted molar refractivity (Wildman–Crippen MR) is 128 cm³/mol. The van der Waals surface area contributed by atoms with Gasteiger partial charge < -0.3 is 15.5 Å². The van der Waals surface area contributed by atoms with Crippen LogP contribution in [0.15, 0.2) is 36.4 Å². The molecule has 0 bridgehead atoms. The van der Waals surface area contributed by atoms with E-state index in [1.807, 2.05) is 6.92 Å². The molecule has 34 heavy (non-hydrogen) atoms. The molecule has 3 aliphatic rings. The summed E-state index contributed by atoms with van der Waals surface area (Å²) >= 11 is 12.4. The van der Waals surface area contributed by atoms with Crippen molar-refractivity contribution in [2.24, 2.45) is 5.92 Å². The lowest BCUT2D eigenvalue weighted by molar-refractivity contribution is -0.134. The van der Waals surface area contributed by atoms with Crippen LogP contribution in [0.1, 0.15) is 48.5 Å². The number of nitrogens with zero attached hydrogens (tertiary/aromatic N) is 1. The first-order valence-corrected chi connectivity index (χ1v) is 12.1. The molecule has 1 aliphatic carbocycles. The molecule has 178 valence electrons. The molecule has 1 spiro atoms. The summed E-state index contributed by atoms with van der Waals surface area (Å²) in [7, 11) is 0. The van der Waals surface area contributed by atoms with Gasteiger partial charge in [-0.05, 0) is 61.6 Å². The lowest BCUT2D eigenvalue weighted by Crippen LogP contribution is -2.51. The van der Waals surface area contributed by atoms with E-state index in [4.69, 9.17) is 23.2 Å². The molecule has 1 saturated carbocycles. The minimum atomic E-state index is -1.01. The molecule has 0 aromatic heterocycles. The SMILES string of the molecule is C[C@@H]1C[C@@]2(CN1C(=O)[C@H](CC1CC1)NC(=O)c1c(Cl)cccc1Cl)C(=O)Nc1ccc(F)cc12. The molecule has 0 radical (unpaired) electrons. The van der Waals surface area contributed by atoms with Crippen LogP contribution in [-0.4, -0.2) is 41.2 Å². The number of carbonyl (C=O) groups excluding carboxylic acids is 3. The summed E-state index contributed by atoms with van der Waals surface area (Å²) in [6.45, 7) is 2.00. The van der Waals surface area contributed by atoms with Crippen LogP contribution in [0.25, 0.3) is 0 Å². The quantitative estimate of drug-likeness (QED) is 0.628. The highest BCUT2D eigenvalue weighted by molar-refractivity contribution is 6.39. The lowest BCUT2D eigenvalue weighted by Gasteiger charge is -2.28.